The molecule has 0 aliphatic heterocycles. The maximum atomic E-state index is 9.89. The molecule has 0 saturated carbocycles. The molecule has 0 saturated heterocycles. The Balaban J connectivity index is 0. The molecule has 0 spiro atoms. The van der Waals surface area contributed by atoms with E-state index in [1.54, 1.807) is 21.1 Å². The van der Waals surface area contributed by atoms with Crippen LogP contribution in [0.2, 0.25) is 0 Å². The fraction of sp³-hybridized carbons (Fsp3) is 0.800. The first kappa shape index (κ1) is 12.7. The van der Waals surface area contributed by atoms with Gasteiger partial charge in [0.1, 0.15) is 6.54 Å². The largest absolute Gasteiger partial charge is 1.00 e. The van der Waals surface area contributed by atoms with Crippen molar-refractivity contribution >= 4 is 5.97 Å². The first-order valence-electron chi connectivity index (χ1n) is 2.42. The maximum absolute atomic E-state index is 9.89. The van der Waals surface area contributed by atoms with Gasteiger partial charge in [-0.25, -0.2) is 0 Å². The minimum absolute atomic E-state index is 0. The summed E-state index contributed by atoms with van der Waals surface area (Å²) < 4.78 is 0.419. The first-order chi connectivity index (χ1) is 3.42. The number of carbonyl (C=O) groups is 1. The van der Waals surface area contributed by atoms with Gasteiger partial charge in [-0.1, -0.05) is 0 Å². The van der Waals surface area contributed by atoms with Gasteiger partial charge in [0.25, 0.3) is 0 Å². The standard InChI is InChI=1S/C5H11NO2.K/c1-6(2,3)4-5(7)8;/h4H2,1-3H3;/q;+1. The van der Waals surface area contributed by atoms with Crippen molar-refractivity contribution in [3.05, 3.63) is 0 Å². The number of carboxylic acid groups (broad SMARTS) is 1. The summed E-state index contributed by atoms with van der Waals surface area (Å²) in [6, 6.07) is 0. The third kappa shape index (κ3) is 12.3. The maximum Gasteiger partial charge on any atom is 1.00 e. The molecule has 0 atom stereocenters. The van der Waals surface area contributed by atoms with Gasteiger partial charge in [0.15, 0.2) is 0 Å². The van der Waals surface area contributed by atoms with E-state index >= 15 is 0 Å². The molecule has 0 N–H and O–H groups in total. The molecule has 0 aromatic rings. The molecule has 0 radical (unpaired) electrons. The van der Waals surface area contributed by atoms with E-state index in [4.69, 9.17) is 0 Å². The molecule has 0 unspecified atom stereocenters. The third-order valence-corrected chi connectivity index (χ3v) is 0.603. The summed E-state index contributed by atoms with van der Waals surface area (Å²) in [7, 11) is 5.40. The Morgan fingerprint density at radius 3 is 1.78 bits per heavy atom. The smallest absolute Gasteiger partial charge is 0.544 e. The molecule has 0 aliphatic carbocycles. The number of quaternary nitrogens is 1. The second kappa shape index (κ2) is 4.82. The van der Waals surface area contributed by atoms with E-state index in [9.17, 15) is 9.90 Å². The minimum Gasteiger partial charge on any atom is -0.544 e. The summed E-state index contributed by atoms with van der Waals surface area (Å²) in [4.78, 5) is 9.89. The Kier molecular flexibility index (Phi) is 6.81. The predicted molar refractivity (Wildman–Crippen MR) is 27.9 cm³/mol. The van der Waals surface area contributed by atoms with Gasteiger partial charge < -0.3 is 14.4 Å². The van der Waals surface area contributed by atoms with Crippen molar-refractivity contribution in [2.45, 2.75) is 0 Å². The van der Waals surface area contributed by atoms with Crippen LogP contribution in [0.1, 0.15) is 0 Å². The number of nitrogens with zero attached hydrogens (tertiary/aromatic N) is 1. The van der Waals surface area contributed by atoms with Gasteiger partial charge in [-0.2, -0.15) is 0 Å². The molecule has 0 fully saturated rings. The predicted octanol–water partition coefficient (Wildman–Crippen LogP) is -4.55. The molecule has 0 bridgehead atoms. The molecule has 0 rings (SSSR count). The minimum atomic E-state index is -1.00. The van der Waals surface area contributed by atoms with Crippen molar-refractivity contribution in [3.8, 4) is 0 Å². The van der Waals surface area contributed by atoms with E-state index in [-0.39, 0.29) is 57.9 Å². The van der Waals surface area contributed by atoms with Crippen LogP contribution in [0, 0.1) is 0 Å². The average Bonchev–Trinajstić information content (AvgIpc) is 1.21. The summed E-state index contributed by atoms with van der Waals surface area (Å²) >= 11 is 0. The number of aliphatic carboxylic acids is 1. The van der Waals surface area contributed by atoms with Crippen molar-refractivity contribution < 1.29 is 65.8 Å². The van der Waals surface area contributed by atoms with Crippen LogP contribution in [0.3, 0.4) is 0 Å². The van der Waals surface area contributed by atoms with Crippen LogP contribution in [0.4, 0.5) is 0 Å². The zero-order valence-corrected chi connectivity index (χ0v) is 9.59. The molecule has 3 nitrogen and oxygen atoms in total. The first-order valence-corrected chi connectivity index (χ1v) is 2.42. The Bertz CT molecular complexity index is 97.6. The molecule has 0 heterocycles. The van der Waals surface area contributed by atoms with Crippen LogP contribution in [0.5, 0.6) is 0 Å². The molecule has 48 valence electrons. The molecule has 0 aromatic heterocycles. The molecule has 0 aromatic carbocycles. The quantitative estimate of drug-likeness (QED) is 0.298. The topological polar surface area (TPSA) is 40.1 Å². The van der Waals surface area contributed by atoms with Gasteiger partial charge in [0, 0.05) is 0 Å². The molecule has 0 aliphatic rings. The Morgan fingerprint density at radius 2 is 1.78 bits per heavy atom. The number of hydrogen-bond acceptors (Lipinski definition) is 2. The van der Waals surface area contributed by atoms with E-state index in [0.717, 1.165) is 0 Å². The second-order valence-corrected chi connectivity index (χ2v) is 2.82. The van der Waals surface area contributed by atoms with Gasteiger partial charge in [-0.05, 0) is 0 Å². The number of likely N-dealkylation sites (N-methyl/N-ethyl adjacent to an activating group) is 1. The monoisotopic (exact) mass is 156 g/mol. The van der Waals surface area contributed by atoms with Crippen LogP contribution in [-0.4, -0.2) is 38.1 Å². The fourth-order valence-electron chi connectivity index (χ4n) is 0.387. The van der Waals surface area contributed by atoms with Gasteiger partial charge >= 0.3 is 51.4 Å². The van der Waals surface area contributed by atoms with Crippen LogP contribution >= 0.6 is 0 Å². The van der Waals surface area contributed by atoms with Crippen LogP contribution in [0.25, 0.3) is 0 Å². The van der Waals surface area contributed by atoms with Gasteiger partial charge in [-0.3, -0.25) is 0 Å². The van der Waals surface area contributed by atoms with Gasteiger partial charge in [0.05, 0.1) is 27.1 Å². The van der Waals surface area contributed by atoms with Crippen LogP contribution in [0.15, 0.2) is 0 Å². The summed E-state index contributed by atoms with van der Waals surface area (Å²) in [5.41, 5.74) is 0. The third-order valence-electron chi connectivity index (χ3n) is 0.603. The van der Waals surface area contributed by atoms with Crippen LogP contribution in [-0.2, 0) is 4.79 Å². The number of rotatable bonds is 2. The summed E-state index contributed by atoms with van der Waals surface area (Å²) in [5.74, 6) is -1.00. The van der Waals surface area contributed by atoms with Crippen molar-refractivity contribution in [2.75, 3.05) is 27.7 Å². The fourth-order valence-corrected chi connectivity index (χ4v) is 0.387. The van der Waals surface area contributed by atoms with E-state index in [1.165, 1.54) is 0 Å². The van der Waals surface area contributed by atoms with Gasteiger partial charge in [0.2, 0.25) is 0 Å². The zero-order chi connectivity index (χ0) is 6.78. The van der Waals surface area contributed by atoms with Crippen molar-refractivity contribution in [1.29, 1.82) is 0 Å². The number of carbonyl (C=O) groups excluding carboxylic acids is 1. The van der Waals surface area contributed by atoms with Crippen molar-refractivity contribution in [3.63, 3.8) is 0 Å². The van der Waals surface area contributed by atoms with Crippen molar-refractivity contribution in [2.24, 2.45) is 0 Å². The molecular weight excluding hydrogens is 145 g/mol. The Morgan fingerprint density at radius 1 is 1.44 bits per heavy atom. The molecule has 0 amide bonds. The Labute approximate surface area is 98.0 Å². The number of hydrogen-bond donors (Lipinski definition) is 0. The van der Waals surface area contributed by atoms with Gasteiger partial charge in [-0.15, -0.1) is 0 Å². The molecule has 9 heavy (non-hydrogen) atoms. The normalized spacial score (nSPS) is 10.1. The van der Waals surface area contributed by atoms with E-state index in [2.05, 4.69) is 0 Å². The van der Waals surface area contributed by atoms with Crippen molar-refractivity contribution in [1.82, 2.24) is 0 Å². The van der Waals surface area contributed by atoms with E-state index < -0.39 is 5.97 Å². The van der Waals surface area contributed by atoms with Crippen LogP contribution < -0.4 is 56.5 Å². The second-order valence-electron chi connectivity index (χ2n) is 2.82. The van der Waals surface area contributed by atoms with E-state index in [0.29, 0.717) is 4.48 Å². The summed E-state index contributed by atoms with van der Waals surface area (Å²) in [6.45, 7) is 0.0694. The molecular formula is C5H11KNO2+. The zero-order valence-electron chi connectivity index (χ0n) is 6.47. The summed E-state index contributed by atoms with van der Waals surface area (Å²) in [6.07, 6.45) is 0. The molecule has 4 heteroatoms. The summed E-state index contributed by atoms with van der Waals surface area (Å²) in [5, 5.41) is 9.89. The SMILES string of the molecule is C[N+](C)(C)CC(=O)[O-].[K+]. The number of carboxylic acids is 1. The Hall–Kier alpha value is 1.07. The van der Waals surface area contributed by atoms with E-state index in [1.807, 2.05) is 0 Å². The average molecular weight is 156 g/mol.